The summed E-state index contributed by atoms with van der Waals surface area (Å²) >= 11 is 0. The average Bonchev–Trinajstić information content (AvgIpc) is 2.37. The Kier molecular flexibility index (Phi) is 5.70. The molecule has 0 radical (unpaired) electrons. The first-order valence-electron chi connectivity index (χ1n) is 6.06. The molecule has 0 spiro atoms. The summed E-state index contributed by atoms with van der Waals surface area (Å²) in [6, 6.07) is 7.28. The molecule has 0 aliphatic carbocycles. The number of benzene rings is 1. The molecular weight excluding hydrogens is 230 g/mol. The van der Waals surface area contributed by atoms with Gasteiger partial charge in [0.2, 0.25) is 11.8 Å². The molecule has 2 amide bonds. The Morgan fingerprint density at radius 1 is 1.11 bits per heavy atom. The first-order valence-corrected chi connectivity index (χ1v) is 6.06. The molecule has 1 rings (SSSR count). The molecule has 0 aromatic heterocycles. The topological polar surface area (TPSA) is 70.2 Å². The van der Waals surface area contributed by atoms with Crippen molar-refractivity contribution < 1.29 is 9.59 Å². The minimum Gasteiger partial charge on any atom is -0.376 e. The second kappa shape index (κ2) is 7.32. The van der Waals surface area contributed by atoms with Crippen molar-refractivity contribution in [2.24, 2.45) is 0 Å². The maximum atomic E-state index is 11.3. The van der Waals surface area contributed by atoms with Gasteiger partial charge < -0.3 is 16.0 Å². The molecular formula is C13H19N3O2. The number of hydrogen-bond acceptors (Lipinski definition) is 3. The zero-order valence-corrected chi connectivity index (χ0v) is 10.7. The van der Waals surface area contributed by atoms with Crippen molar-refractivity contribution in [3.63, 3.8) is 0 Å². The summed E-state index contributed by atoms with van der Waals surface area (Å²) in [5.74, 6) is -0.0867. The van der Waals surface area contributed by atoms with Crippen molar-refractivity contribution in [2.45, 2.75) is 20.3 Å². The van der Waals surface area contributed by atoms with Gasteiger partial charge in [0.05, 0.1) is 6.54 Å². The van der Waals surface area contributed by atoms with Crippen LogP contribution in [-0.4, -0.2) is 24.9 Å². The zero-order valence-electron chi connectivity index (χ0n) is 10.7. The summed E-state index contributed by atoms with van der Waals surface area (Å²) in [5.41, 5.74) is 1.53. The van der Waals surface area contributed by atoms with Crippen molar-refractivity contribution >= 4 is 23.2 Å². The van der Waals surface area contributed by atoms with Crippen molar-refractivity contribution in [3.8, 4) is 0 Å². The van der Waals surface area contributed by atoms with Gasteiger partial charge in [0.15, 0.2) is 0 Å². The smallest absolute Gasteiger partial charge is 0.239 e. The van der Waals surface area contributed by atoms with Crippen molar-refractivity contribution in [2.75, 3.05) is 23.7 Å². The number of anilines is 2. The van der Waals surface area contributed by atoms with Crippen LogP contribution in [0.4, 0.5) is 11.4 Å². The number of carbonyl (C=O) groups excluding carboxylic acids is 2. The highest BCUT2D eigenvalue weighted by molar-refractivity contribution is 5.91. The first-order chi connectivity index (χ1) is 8.65. The third kappa shape index (κ3) is 4.86. The van der Waals surface area contributed by atoms with Gasteiger partial charge in [-0.3, -0.25) is 9.59 Å². The monoisotopic (exact) mass is 249 g/mol. The molecule has 1 aromatic carbocycles. The minimum absolute atomic E-state index is 0.0316. The lowest BCUT2D eigenvalue weighted by molar-refractivity contribution is -0.119. The van der Waals surface area contributed by atoms with Crippen molar-refractivity contribution in [3.05, 3.63) is 24.3 Å². The van der Waals surface area contributed by atoms with Gasteiger partial charge in [-0.15, -0.1) is 0 Å². The predicted molar refractivity (Wildman–Crippen MR) is 72.5 cm³/mol. The molecule has 18 heavy (non-hydrogen) atoms. The van der Waals surface area contributed by atoms with E-state index in [4.69, 9.17) is 0 Å². The summed E-state index contributed by atoms with van der Waals surface area (Å²) in [7, 11) is 0. The lowest BCUT2D eigenvalue weighted by Crippen LogP contribution is -2.29. The second-order valence-electron chi connectivity index (χ2n) is 3.79. The Morgan fingerprint density at radius 3 is 2.50 bits per heavy atom. The predicted octanol–water partition coefficient (Wildman–Crippen LogP) is 1.58. The van der Waals surface area contributed by atoms with Crippen LogP contribution in [0.2, 0.25) is 0 Å². The molecule has 0 atom stereocenters. The van der Waals surface area contributed by atoms with Crippen LogP contribution in [0.25, 0.3) is 0 Å². The van der Waals surface area contributed by atoms with Gasteiger partial charge in [-0.25, -0.2) is 0 Å². The molecule has 0 saturated carbocycles. The molecule has 3 N–H and O–H groups in total. The number of likely N-dealkylation sites (N-methyl/N-ethyl adjacent to an activating group) is 1. The van der Waals surface area contributed by atoms with Gasteiger partial charge in [-0.05, 0) is 25.1 Å². The SMILES string of the molecule is CCNC(=O)CNc1cccc(NC(=O)CC)c1. The van der Waals surface area contributed by atoms with Crippen LogP contribution in [0.1, 0.15) is 20.3 Å². The van der Waals surface area contributed by atoms with E-state index in [-0.39, 0.29) is 18.4 Å². The van der Waals surface area contributed by atoms with E-state index in [9.17, 15) is 9.59 Å². The van der Waals surface area contributed by atoms with Crippen LogP contribution >= 0.6 is 0 Å². The van der Waals surface area contributed by atoms with Gasteiger partial charge in [-0.1, -0.05) is 13.0 Å². The molecule has 0 fully saturated rings. The van der Waals surface area contributed by atoms with Gasteiger partial charge in [-0.2, -0.15) is 0 Å². The third-order valence-corrected chi connectivity index (χ3v) is 2.29. The number of carbonyl (C=O) groups is 2. The van der Waals surface area contributed by atoms with E-state index >= 15 is 0 Å². The number of amides is 2. The highest BCUT2D eigenvalue weighted by Gasteiger charge is 2.02. The quantitative estimate of drug-likeness (QED) is 0.717. The molecule has 5 nitrogen and oxygen atoms in total. The zero-order chi connectivity index (χ0) is 13.4. The fourth-order valence-corrected chi connectivity index (χ4v) is 1.40. The molecule has 0 bridgehead atoms. The summed E-state index contributed by atoms with van der Waals surface area (Å²) in [6.07, 6.45) is 0.441. The standard InChI is InChI=1S/C13H19N3O2/c1-3-12(17)16-11-7-5-6-10(8-11)15-9-13(18)14-4-2/h5-8,15H,3-4,9H2,1-2H3,(H,14,18)(H,16,17). The number of hydrogen-bond donors (Lipinski definition) is 3. The van der Waals surface area contributed by atoms with E-state index in [0.717, 1.165) is 11.4 Å². The van der Waals surface area contributed by atoms with E-state index in [1.165, 1.54) is 0 Å². The summed E-state index contributed by atoms with van der Waals surface area (Å²) < 4.78 is 0. The first kappa shape index (κ1) is 14.0. The molecule has 0 unspecified atom stereocenters. The lowest BCUT2D eigenvalue weighted by atomic mass is 10.2. The van der Waals surface area contributed by atoms with Crippen LogP contribution in [0.15, 0.2) is 24.3 Å². The Balaban J connectivity index is 2.54. The summed E-state index contributed by atoms with van der Waals surface area (Å²) in [5, 5.41) is 8.46. The molecule has 0 aliphatic heterocycles. The Bertz CT molecular complexity index is 418. The molecule has 0 heterocycles. The average molecular weight is 249 g/mol. The van der Waals surface area contributed by atoms with Crippen LogP contribution in [0.3, 0.4) is 0 Å². The maximum absolute atomic E-state index is 11.3. The fraction of sp³-hybridized carbons (Fsp3) is 0.385. The number of nitrogens with one attached hydrogen (secondary N) is 3. The normalized spacial score (nSPS) is 9.67. The van der Waals surface area contributed by atoms with E-state index in [0.29, 0.717) is 13.0 Å². The van der Waals surface area contributed by atoms with Crippen LogP contribution < -0.4 is 16.0 Å². The van der Waals surface area contributed by atoms with Gasteiger partial charge in [0.25, 0.3) is 0 Å². The van der Waals surface area contributed by atoms with Gasteiger partial charge in [0.1, 0.15) is 0 Å². The van der Waals surface area contributed by atoms with E-state index in [2.05, 4.69) is 16.0 Å². The van der Waals surface area contributed by atoms with E-state index in [1.54, 1.807) is 13.0 Å². The Labute approximate surface area is 107 Å². The van der Waals surface area contributed by atoms with Gasteiger partial charge in [0, 0.05) is 24.3 Å². The molecule has 98 valence electrons. The third-order valence-electron chi connectivity index (χ3n) is 2.29. The summed E-state index contributed by atoms with van der Waals surface area (Å²) in [4.78, 5) is 22.5. The fourth-order valence-electron chi connectivity index (χ4n) is 1.40. The lowest BCUT2D eigenvalue weighted by Gasteiger charge is -2.09. The van der Waals surface area contributed by atoms with Crippen LogP contribution in [0.5, 0.6) is 0 Å². The Hall–Kier alpha value is -2.04. The van der Waals surface area contributed by atoms with Crippen LogP contribution in [0, 0.1) is 0 Å². The second-order valence-corrected chi connectivity index (χ2v) is 3.79. The van der Waals surface area contributed by atoms with Crippen LogP contribution in [-0.2, 0) is 9.59 Å². The van der Waals surface area contributed by atoms with Crippen molar-refractivity contribution in [1.82, 2.24) is 5.32 Å². The molecule has 5 heteroatoms. The molecule has 0 saturated heterocycles. The van der Waals surface area contributed by atoms with Crippen molar-refractivity contribution in [1.29, 1.82) is 0 Å². The minimum atomic E-state index is -0.0551. The van der Waals surface area contributed by atoms with E-state index < -0.39 is 0 Å². The van der Waals surface area contributed by atoms with Gasteiger partial charge >= 0.3 is 0 Å². The molecule has 1 aromatic rings. The summed E-state index contributed by atoms with van der Waals surface area (Å²) in [6.45, 7) is 4.51. The molecule has 0 aliphatic rings. The largest absolute Gasteiger partial charge is 0.376 e. The highest BCUT2D eigenvalue weighted by Crippen LogP contribution is 2.14. The number of rotatable bonds is 6. The van der Waals surface area contributed by atoms with E-state index in [1.807, 2.05) is 25.1 Å². The maximum Gasteiger partial charge on any atom is 0.239 e. The highest BCUT2D eigenvalue weighted by atomic mass is 16.2. The Morgan fingerprint density at radius 2 is 1.83 bits per heavy atom.